The molecule has 10 nitrogen and oxygen atoms in total. The van der Waals surface area contributed by atoms with Crippen molar-refractivity contribution >= 4 is 62.3 Å². The van der Waals surface area contributed by atoms with Gasteiger partial charge in [-0.25, -0.2) is 17.4 Å². The van der Waals surface area contributed by atoms with Crippen LogP contribution in [0.5, 0.6) is 0 Å². The smallest absolute Gasteiger partial charge is 0.295 e. The lowest BCUT2D eigenvalue weighted by atomic mass is 10.2. The summed E-state index contributed by atoms with van der Waals surface area (Å²) in [5.41, 5.74) is 0.610. The Morgan fingerprint density at radius 3 is 2.25 bits per heavy atom. The molecule has 0 radical (unpaired) electrons. The van der Waals surface area contributed by atoms with Crippen molar-refractivity contribution in [3.63, 3.8) is 0 Å². The number of halogens is 3. The fourth-order valence-corrected chi connectivity index (χ4v) is 5.66. The molecule has 2 aromatic carbocycles. The van der Waals surface area contributed by atoms with Gasteiger partial charge in [0, 0.05) is 7.05 Å². The molecular weight excluding hydrogens is 553 g/mol. The standard InChI is InChI=1S/C22H20Cl3N5O5S/c1-13-18(20(33)30(28(13)2)14-8-4-3-5-9-14)27-21(22(23,24)25)26-17(31)12-29-19(32)15-10-6-7-11-16(15)36(29,34)35/h3-11,21,27H,12H2,1-2H3,(H,26,31)/t21-/m0/s1. The molecular formula is C22H20Cl3N5O5S. The number of carbonyl (C=O) groups is 2. The third kappa shape index (κ3) is 4.59. The van der Waals surface area contributed by atoms with Crippen LogP contribution in [0.1, 0.15) is 16.1 Å². The minimum Gasteiger partial charge on any atom is -0.356 e. The first-order chi connectivity index (χ1) is 16.8. The van der Waals surface area contributed by atoms with Crippen molar-refractivity contribution in [1.82, 2.24) is 19.0 Å². The second-order valence-electron chi connectivity index (χ2n) is 7.94. The van der Waals surface area contributed by atoms with E-state index in [0.29, 0.717) is 15.7 Å². The highest BCUT2D eigenvalue weighted by Gasteiger charge is 2.43. The van der Waals surface area contributed by atoms with Crippen molar-refractivity contribution in [3.05, 3.63) is 76.2 Å². The van der Waals surface area contributed by atoms with Crippen molar-refractivity contribution < 1.29 is 18.0 Å². The van der Waals surface area contributed by atoms with Gasteiger partial charge in [0.1, 0.15) is 23.3 Å². The molecule has 1 aromatic heterocycles. The number of fused-ring (bicyclic) bond motifs is 1. The minimum absolute atomic E-state index is 0.0391. The van der Waals surface area contributed by atoms with Gasteiger partial charge in [0.25, 0.3) is 21.5 Å². The number of rotatable bonds is 6. The zero-order valence-electron chi connectivity index (χ0n) is 18.9. The number of benzene rings is 2. The van der Waals surface area contributed by atoms with Gasteiger partial charge in [0.2, 0.25) is 9.70 Å². The molecule has 0 saturated carbocycles. The van der Waals surface area contributed by atoms with Gasteiger partial charge in [-0.3, -0.25) is 19.1 Å². The summed E-state index contributed by atoms with van der Waals surface area (Å²) in [5.74, 6) is -1.77. The maximum atomic E-state index is 13.2. The number of anilines is 1. The molecule has 1 atom stereocenters. The third-order valence-electron chi connectivity index (χ3n) is 5.67. The largest absolute Gasteiger partial charge is 0.356 e. The highest BCUT2D eigenvalue weighted by molar-refractivity contribution is 7.90. The maximum Gasteiger partial charge on any atom is 0.295 e. The number of sulfonamides is 1. The summed E-state index contributed by atoms with van der Waals surface area (Å²) in [7, 11) is -2.55. The van der Waals surface area contributed by atoms with E-state index in [9.17, 15) is 22.8 Å². The summed E-state index contributed by atoms with van der Waals surface area (Å²) in [6, 6.07) is 14.5. The SMILES string of the molecule is Cc1c(N[C@H](NC(=O)CN2C(=O)c3ccccc3S2(=O)=O)C(Cl)(Cl)Cl)c(=O)n(-c2ccccc2)n1C. The molecule has 0 saturated heterocycles. The number of carbonyl (C=O) groups excluding carboxylic acids is 2. The van der Waals surface area contributed by atoms with E-state index in [1.54, 1.807) is 42.9 Å². The van der Waals surface area contributed by atoms with Crippen LogP contribution in [-0.2, 0) is 21.9 Å². The van der Waals surface area contributed by atoms with Gasteiger partial charge < -0.3 is 10.6 Å². The van der Waals surface area contributed by atoms with Crippen LogP contribution in [0.2, 0.25) is 0 Å². The van der Waals surface area contributed by atoms with Crippen molar-refractivity contribution in [1.29, 1.82) is 0 Å². The van der Waals surface area contributed by atoms with Gasteiger partial charge >= 0.3 is 0 Å². The number of hydrogen-bond acceptors (Lipinski definition) is 6. The molecule has 2 amide bonds. The quantitative estimate of drug-likeness (QED) is 0.346. The van der Waals surface area contributed by atoms with Crippen LogP contribution >= 0.6 is 34.8 Å². The third-order valence-corrected chi connectivity index (χ3v) is 8.12. The Morgan fingerprint density at radius 1 is 1.03 bits per heavy atom. The number of aromatic nitrogens is 2. The van der Waals surface area contributed by atoms with Crippen LogP contribution in [0.15, 0.2) is 64.3 Å². The lowest BCUT2D eigenvalue weighted by Gasteiger charge is -2.27. The minimum atomic E-state index is -4.22. The molecule has 14 heteroatoms. The van der Waals surface area contributed by atoms with Crippen molar-refractivity contribution in [3.8, 4) is 5.69 Å². The van der Waals surface area contributed by atoms with Gasteiger partial charge in [0.05, 0.1) is 16.9 Å². The Kier molecular flexibility index (Phi) is 6.86. The predicted molar refractivity (Wildman–Crippen MR) is 136 cm³/mol. The Hall–Kier alpha value is -2.99. The normalized spacial score (nSPS) is 15.5. The van der Waals surface area contributed by atoms with Gasteiger partial charge in [-0.1, -0.05) is 65.1 Å². The molecule has 36 heavy (non-hydrogen) atoms. The molecule has 0 bridgehead atoms. The van der Waals surface area contributed by atoms with Crippen LogP contribution in [0.3, 0.4) is 0 Å². The van der Waals surface area contributed by atoms with E-state index in [0.717, 1.165) is 0 Å². The second kappa shape index (κ2) is 9.47. The lowest BCUT2D eigenvalue weighted by Crippen LogP contribution is -2.52. The van der Waals surface area contributed by atoms with Gasteiger partial charge in [-0.15, -0.1) is 0 Å². The Balaban J connectivity index is 1.59. The van der Waals surface area contributed by atoms with E-state index >= 15 is 0 Å². The maximum absolute atomic E-state index is 13.2. The van der Waals surface area contributed by atoms with E-state index in [-0.39, 0.29) is 16.1 Å². The van der Waals surface area contributed by atoms with Crippen LogP contribution in [0.4, 0.5) is 5.69 Å². The molecule has 1 aliphatic rings. The van der Waals surface area contributed by atoms with Crippen LogP contribution in [0, 0.1) is 6.92 Å². The van der Waals surface area contributed by atoms with E-state index < -0.39 is 43.9 Å². The van der Waals surface area contributed by atoms with Gasteiger partial charge in [-0.05, 0) is 31.2 Å². The van der Waals surface area contributed by atoms with Crippen LogP contribution in [-0.4, -0.2) is 50.4 Å². The summed E-state index contributed by atoms with van der Waals surface area (Å²) in [6.07, 6.45) is -1.45. The number of nitrogens with zero attached hydrogens (tertiary/aromatic N) is 3. The summed E-state index contributed by atoms with van der Waals surface area (Å²) in [4.78, 5) is 38.4. The van der Waals surface area contributed by atoms with E-state index in [4.69, 9.17) is 34.8 Å². The van der Waals surface area contributed by atoms with E-state index in [1.807, 2.05) is 6.07 Å². The van der Waals surface area contributed by atoms with Crippen LogP contribution in [0.25, 0.3) is 5.69 Å². The number of para-hydroxylation sites is 1. The fourth-order valence-electron chi connectivity index (χ4n) is 3.80. The Labute approximate surface area is 221 Å². The highest BCUT2D eigenvalue weighted by atomic mass is 35.6. The van der Waals surface area contributed by atoms with Crippen molar-refractivity contribution in [2.45, 2.75) is 21.8 Å². The molecule has 2 heterocycles. The Morgan fingerprint density at radius 2 is 1.64 bits per heavy atom. The summed E-state index contributed by atoms with van der Waals surface area (Å²) < 4.78 is 26.8. The first kappa shape index (κ1) is 26.1. The number of nitrogens with one attached hydrogen (secondary N) is 2. The molecule has 1 aliphatic heterocycles. The molecule has 0 fully saturated rings. The number of alkyl halides is 3. The summed E-state index contributed by atoms with van der Waals surface area (Å²) in [6.45, 7) is 0.809. The number of hydrogen-bond donors (Lipinski definition) is 2. The zero-order chi connectivity index (χ0) is 26.4. The molecule has 0 unspecified atom stereocenters. The fraction of sp³-hybridized carbons (Fsp3) is 0.227. The average molecular weight is 573 g/mol. The zero-order valence-corrected chi connectivity index (χ0v) is 22.0. The average Bonchev–Trinajstić information content (AvgIpc) is 3.15. The second-order valence-corrected chi connectivity index (χ2v) is 12.1. The van der Waals surface area contributed by atoms with Crippen molar-refractivity contribution in [2.24, 2.45) is 7.05 Å². The lowest BCUT2D eigenvalue weighted by molar-refractivity contribution is -0.121. The van der Waals surface area contributed by atoms with E-state index in [2.05, 4.69) is 10.6 Å². The van der Waals surface area contributed by atoms with Crippen molar-refractivity contribution in [2.75, 3.05) is 11.9 Å². The molecule has 3 aromatic rings. The molecule has 4 rings (SSSR count). The molecule has 190 valence electrons. The first-order valence-corrected chi connectivity index (χ1v) is 13.0. The van der Waals surface area contributed by atoms with Crippen LogP contribution < -0.4 is 16.2 Å². The number of amides is 2. The molecule has 0 spiro atoms. The summed E-state index contributed by atoms with van der Waals surface area (Å²) >= 11 is 18.2. The molecule has 2 N–H and O–H groups in total. The van der Waals surface area contributed by atoms with Gasteiger partial charge in [-0.2, -0.15) is 0 Å². The van der Waals surface area contributed by atoms with E-state index in [1.165, 1.54) is 28.9 Å². The molecule has 0 aliphatic carbocycles. The summed E-state index contributed by atoms with van der Waals surface area (Å²) in [5, 5.41) is 5.14. The first-order valence-electron chi connectivity index (χ1n) is 10.5. The van der Waals surface area contributed by atoms with Gasteiger partial charge in [0.15, 0.2) is 0 Å². The highest BCUT2D eigenvalue weighted by Crippen LogP contribution is 2.32. The monoisotopic (exact) mass is 571 g/mol. The predicted octanol–water partition coefficient (Wildman–Crippen LogP) is 2.55. The Bertz CT molecular complexity index is 1510. The topological polar surface area (TPSA) is 123 Å².